The Labute approximate surface area is 149 Å². The average molecular weight is 354 g/mol. The standard InChI is InChI=1S/C18H18N4O2S/c23-11-10-20-16(14-4-2-1-3-5-14)17(24)22-18-21-15(12-25-18)13-6-8-19-9-7-13/h1-9,12,16,20,23H,10-11H2,(H,21,22,24)/t16-/m1/s1. The zero-order valence-corrected chi connectivity index (χ0v) is 14.2. The molecule has 0 fully saturated rings. The highest BCUT2D eigenvalue weighted by Gasteiger charge is 2.20. The number of aromatic nitrogens is 2. The fourth-order valence-electron chi connectivity index (χ4n) is 2.38. The van der Waals surface area contributed by atoms with Crippen LogP contribution in [0.25, 0.3) is 11.3 Å². The molecule has 0 spiro atoms. The smallest absolute Gasteiger partial charge is 0.247 e. The topological polar surface area (TPSA) is 87.1 Å². The van der Waals surface area contributed by atoms with Crippen LogP contribution in [0.1, 0.15) is 11.6 Å². The SMILES string of the molecule is O=C(Nc1nc(-c2ccncc2)cs1)[C@H](NCCO)c1ccccc1. The molecule has 2 heterocycles. The maximum absolute atomic E-state index is 12.7. The lowest BCUT2D eigenvalue weighted by Gasteiger charge is -2.17. The number of hydrogen-bond donors (Lipinski definition) is 3. The van der Waals surface area contributed by atoms with E-state index < -0.39 is 6.04 Å². The Hall–Kier alpha value is -2.61. The predicted octanol–water partition coefficient (Wildman–Crippen LogP) is 2.47. The van der Waals surface area contributed by atoms with Crippen molar-refractivity contribution in [2.24, 2.45) is 0 Å². The molecule has 0 aliphatic heterocycles. The number of amides is 1. The first kappa shape index (κ1) is 17.2. The molecule has 0 unspecified atom stereocenters. The molecule has 0 radical (unpaired) electrons. The highest BCUT2D eigenvalue weighted by Crippen LogP contribution is 2.25. The number of aliphatic hydroxyl groups is 1. The van der Waals surface area contributed by atoms with Gasteiger partial charge in [-0.2, -0.15) is 0 Å². The second-order valence-electron chi connectivity index (χ2n) is 5.28. The van der Waals surface area contributed by atoms with Crippen LogP contribution in [0.3, 0.4) is 0 Å². The van der Waals surface area contributed by atoms with E-state index in [0.717, 1.165) is 16.8 Å². The van der Waals surface area contributed by atoms with Crippen molar-refractivity contribution in [2.45, 2.75) is 6.04 Å². The Bertz CT molecular complexity index is 808. The monoisotopic (exact) mass is 354 g/mol. The maximum atomic E-state index is 12.7. The Kier molecular flexibility index (Phi) is 5.84. The largest absolute Gasteiger partial charge is 0.395 e. The molecule has 3 N–H and O–H groups in total. The van der Waals surface area contributed by atoms with Gasteiger partial charge in [0.2, 0.25) is 5.91 Å². The van der Waals surface area contributed by atoms with Crippen molar-refractivity contribution in [3.8, 4) is 11.3 Å². The van der Waals surface area contributed by atoms with E-state index >= 15 is 0 Å². The van der Waals surface area contributed by atoms with Gasteiger partial charge < -0.3 is 10.4 Å². The molecule has 3 aromatic rings. The maximum Gasteiger partial charge on any atom is 0.247 e. The van der Waals surface area contributed by atoms with Crippen molar-refractivity contribution in [3.63, 3.8) is 0 Å². The summed E-state index contributed by atoms with van der Waals surface area (Å²) in [7, 11) is 0. The molecule has 3 rings (SSSR count). The molecule has 1 atom stereocenters. The average Bonchev–Trinajstić information content (AvgIpc) is 3.12. The Morgan fingerprint density at radius 3 is 2.64 bits per heavy atom. The predicted molar refractivity (Wildman–Crippen MR) is 98.2 cm³/mol. The molecule has 25 heavy (non-hydrogen) atoms. The van der Waals surface area contributed by atoms with Gasteiger partial charge in [-0.05, 0) is 17.7 Å². The molecule has 1 amide bonds. The summed E-state index contributed by atoms with van der Waals surface area (Å²) in [4.78, 5) is 21.1. The summed E-state index contributed by atoms with van der Waals surface area (Å²) < 4.78 is 0. The lowest BCUT2D eigenvalue weighted by atomic mass is 10.1. The van der Waals surface area contributed by atoms with E-state index in [1.165, 1.54) is 11.3 Å². The fraction of sp³-hybridized carbons (Fsp3) is 0.167. The molecule has 6 nitrogen and oxygen atoms in total. The molecule has 0 aliphatic carbocycles. The molecule has 128 valence electrons. The molecule has 0 bridgehead atoms. The highest BCUT2D eigenvalue weighted by molar-refractivity contribution is 7.14. The van der Waals surface area contributed by atoms with Crippen LogP contribution in [0.5, 0.6) is 0 Å². The Morgan fingerprint density at radius 2 is 1.92 bits per heavy atom. The third-order valence-corrected chi connectivity index (χ3v) is 4.32. The van der Waals surface area contributed by atoms with Crippen molar-refractivity contribution in [3.05, 3.63) is 65.8 Å². The van der Waals surface area contributed by atoms with Gasteiger partial charge in [0, 0.05) is 29.9 Å². The number of aliphatic hydroxyl groups excluding tert-OH is 1. The Morgan fingerprint density at radius 1 is 1.16 bits per heavy atom. The summed E-state index contributed by atoms with van der Waals surface area (Å²) in [6.45, 7) is 0.285. The van der Waals surface area contributed by atoms with E-state index in [1.807, 2.05) is 47.8 Å². The van der Waals surface area contributed by atoms with Crippen LogP contribution in [-0.2, 0) is 4.79 Å². The minimum absolute atomic E-state index is 0.0416. The van der Waals surface area contributed by atoms with Gasteiger partial charge >= 0.3 is 0 Å². The number of carbonyl (C=O) groups is 1. The number of nitrogens with zero attached hydrogens (tertiary/aromatic N) is 2. The van der Waals surface area contributed by atoms with E-state index in [4.69, 9.17) is 5.11 Å². The van der Waals surface area contributed by atoms with Gasteiger partial charge in [0.1, 0.15) is 6.04 Å². The van der Waals surface area contributed by atoms with Gasteiger partial charge in [-0.25, -0.2) is 4.98 Å². The van der Waals surface area contributed by atoms with Gasteiger partial charge in [-0.15, -0.1) is 11.3 Å². The zero-order chi connectivity index (χ0) is 17.5. The van der Waals surface area contributed by atoms with Crippen LogP contribution in [0.15, 0.2) is 60.2 Å². The molecule has 0 saturated heterocycles. The molecule has 0 aliphatic rings. The van der Waals surface area contributed by atoms with E-state index in [2.05, 4.69) is 20.6 Å². The minimum Gasteiger partial charge on any atom is -0.395 e. The van der Waals surface area contributed by atoms with E-state index in [9.17, 15) is 4.79 Å². The van der Waals surface area contributed by atoms with Crippen LogP contribution in [-0.4, -0.2) is 34.1 Å². The number of carbonyl (C=O) groups excluding carboxylic acids is 1. The summed E-state index contributed by atoms with van der Waals surface area (Å²) in [6.07, 6.45) is 3.41. The van der Waals surface area contributed by atoms with Crippen LogP contribution in [0.4, 0.5) is 5.13 Å². The van der Waals surface area contributed by atoms with Gasteiger partial charge in [0.25, 0.3) is 0 Å². The van der Waals surface area contributed by atoms with Crippen LogP contribution >= 0.6 is 11.3 Å². The molecule has 1 aromatic carbocycles. The molecular weight excluding hydrogens is 336 g/mol. The van der Waals surface area contributed by atoms with Crippen LogP contribution in [0.2, 0.25) is 0 Å². The molecule has 0 saturated carbocycles. The van der Waals surface area contributed by atoms with Crippen LogP contribution in [0, 0.1) is 0 Å². The van der Waals surface area contributed by atoms with Gasteiger partial charge in [0.05, 0.1) is 12.3 Å². The van der Waals surface area contributed by atoms with E-state index in [0.29, 0.717) is 11.7 Å². The Balaban J connectivity index is 1.74. The number of anilines is 1. The second kappa shape index (κ2) is 8.48. The number of benzene rings is 1. The number of pyridine rings is 1. The fourth-order valence-corrected chi connectivity index (χ4v) is 3.10. The quantitative estimate of drug-likeness (QED) is 0.607. The highest BCUT2D eigenvalue weighted by atomic mass is 32.1. The summed E-state index contributed by atoms with van der Waals surface area (Å²) in [5.74, 6) is -0.213. The third kappa shape index (κ3) is 4.48. The summed E-state index contributed by atoms with van der Waals surface area (Å²) in [5, 5.41) is 17.4. The summed E-state index contributed by atoms with van der Waals surface area (Å²) in [6, 6.07) is 12.6. The van der Waals surface area contributed by atoms with Gasteiger partial charge in [-0.1, -0.05) is 30.3 Å². The van der Waals surface area contributed by atoms with Crippen molar-refractivity contribution in [1.29, 1.82) is 0 Å². The van der Waals surface area contributed by atoms with Gasteiger partial charge in [-0.3, -0.25) is 15.1 Å². The third-order valence-electron chi connectivity index (χ3n) is 3.57. The summed E-state index contributed by atoms with van der Waals surface area (Å²) in [5.41, 5.74) is 2.58. The number of rotatable bonds is 7. The number of thiazole rings is 1. The molecular formula is C18H18N4O2S. The van der Waals surface area contributed by atoms with Gasteiger partial charge in [0.15, 0.2) is 5.13 Å². The first-order chi connectivity index (χ1) is 12.3. The number of nitrogens with one attached hydrogen (secondary N) is 2. The minimum atomic E-state index is -0.554. The first-order valence-electron chi connectivity index (χ1n) is 7.84. The number of hydrogen-bond acceptors (Lipinski definition) is 6. The van der Waals surface area contributed by atoms with E-state index in [-0.39, 0.29) is 12.5 Å². The van der Waals surface area contributed by atoms with Crippen LogP contribution < -0.4 is 10.6 Å². The molecule has 7 heteroatoms. The van der Waals surface area contributed by atoms with Crippen molar-refractivity contribution < 1.29 is 9.90 Å². The first-order valence-corrected chi connectivity index (χ1v) is 8.72. The van der Waals surface area contributed by atoms with E-state index in [1.54, 1.807) is 12.4 Å². The normalized spacial score (nSPS) is 11.9. The van der Waals surface area contributed by atoms with Crippen molar-refractivity contribution >= 4 is 22.4 Å². The lowest BCUT2D eigenvalue weighted by Crippen LogP contribution is -2.34. The summed E-state index contributed by atoms with van der Waals surface area (Å²) >= 11 is 1.37. The zero-order valence-electron chi connectivity index (χ0n) is 13.4. The van der Waals surface area contributed by atoms with Crippen molar-refractivity contribution in [1.82, 2.24) is 15.3 Å². The molecule has 2 aromatic heterocycles. The van der Waals surface area contributed by atoms with Crippen molar-refractivity contribution in [2.75, 3.05) is 18.5 Å². The lowest BCUT2D eigenvalue weighted by molar-refractivity contribution is -0.118. The second-order valence-corrected chi connectivity index (χ2v) is 6.14.